The van der Waals surface area contributed by atoms with Crippen LogP contribution in [0, 0.1) is 17.8 Å². The molecule has 1 aliphatic carbocycles. The molecular weight excluding hydrogens is 244 g/mol. The monoisotopic (exact) mass is 266 g/mol. The van der Waals surface area contributed by atoms with Crippen LogP contribution in [0.3, 0.4) is 0 Å². The fraction of sp³-hybridized carbons (Fsp3) is 0.867. The van der Waals surface area contributed by atoms with Gasteiger partial charge in [-0.1, -0.05) is 6.92 Å². The number of rotatable bonds is 0. The minimum atomic E-state index is -0.656. The van der Waals surface area contributed by atoms with E-state index in [1.165, 1.54) is 12.0 Å². The van der Waals surface area contributed by atoms with Crippen molar-refractivity contribution in [3.63, 3.8) is 0 Å². The molecule has 3 saturated heterocycles. The molecule has 0 amide bonds. The molecule has 0 radical (unpaired) electrons. The molecular formula is C15H22O4. The molecule has 2 bridgehead atoms. The highest BCUT2D eigenvalue weighted by atomic mass is 17.3. The first-order chi connectivity index (χ1) is 9.05. The summed E-state index contributed by atoms with van der Waals surface area (Å²) in [5, 5.41) is 0. The summed E-state index contributed by atoms with van der Waals surface area (Å²) >= 11 is 0. The summed E-state index contributed by atoms with van der Waals surface area (Å²) in [5.41, 5.74) is 0.817. The lowest BCUT2D eigenvalue weighted by Gasteiger charge is -2.56. The second-order valence-electron chi connectivity index (χ2n) is 6.85. The van der Waals surface area contributed by atoms with E-state index in [4.69, 9.17) is 19.2 Å². The number of hydrogen-bond acceptors (Lipinski definition) is 4. The van der Waals surface area contributed by atoms with E-state index in [-0.39, 0.29) is 6.29 Å². The molecule has 4 fully saturated rings. The molecule has 6 atom stereocenters. The molecule has 4 heterocycles. The average Bonchev–Trinajstić information content (AvgIpc) is 2.61. The van der Waals surface area contributed by atoms with E-state index in [1.54, 1.807) is 0 Å². The van der Waals surface area contributed by atoms with E-state index in [0.29, 0.717) is 17.8 Å². The van der Waals surface area contributed by atoms with Crippen LogP contribution in [-0.4, -0.2) is 17.7 Å². The molecule has 1 saturated carbocycles. The number of fused-ring (bicyclic) bond motifs is 2. The first-order valence-corrected chi connectivity index (χ1v) is 7.42. The fourth-order valence-electron chi connectivity index (χ4n) is 4.55. The first-order valence-electron chi connectivity index (χ1n) is 7.42. The average molecular weight is 266 g/mol. The molecule has 5 rings (SSSR count). The SMILES string of the molecule is CC1=CO[C@@H]2O[C@@]3(C)CC[C@@H]4[C@@H](C)CC[C@H]1[C@@]24OO3. The molecule has 0 aromatic carbocycles. The maximum atomic E-state index is 6.11. The summed E-state index contributed by atoms with van der Waals surface area (Å²) in [5.74, 6) is 0.775. The normalized spacial score (nSPS) is 55.8. The molecule has 1 spiro atoms. The van der Waals surface area contributed by atoms with E-state index in [2.05, 4.69) is 13.8 Å². The Morgan fingerprint density at radius 1 is 1.21 bits per heavy atom. The third-order valence-corrected chi connectivity index (χ3v) is 5.65. The highest BCUT2D eigenvalue weighted by molar-refractivity contribution is 5.19. The van der Waals surface area contributed by atoms with Crippen molar-refractivity contribution in [1.82, 2.24) is 0 Å². The molecule has 4 aliphatic heterocycles. The lowest BCUT2D eigenvalue weighted by atomic mass is 9.60. The molecule has 4 nitrogen and oxygen atoms in total. The van der Waals surface area contributed by atoms with Gasteiger partial charge in [-0.05, 0) is 44.6 Å². The van der Waals surface area contributed by atoms with Crippen molar-refractivity contribution in [2.75, 3.05) is 0 Å². The summed E-state index contributed by atoms with van der Waals surface area (Å²) in [6.07, 6.45) is 5.87. The van der Waals surface area contributed by atoms with Crippen LogP contribution >= 0.6 is 0 Å². The van der Waals surface area contributed by atoms with Gasteiger partial charge >= 0.3 is 0 Å². The lowest BCUT2D eigenvalue weighted by Crippen LogP contribution is -2.66. The molecule has 0 N–H and O–H groups in total. The van der Waals surface area contributed by atoms with Crippen molar-refractivity contribution in [2.45, 2.75) is 64.1 Å². The Morgan fingerprint density at radius 2 is 2.05 bits per heavy atom. The quantitative estimate of drug-likeness (QED) is 0.631. The van der Waals surface area contributed by atoms with E-state index in [0.717, 1.165) is 19.3 Å². The summed E-state index contributed by atoms with van der Waals surface area (Å²) in [6, 6.07) is 0. The highest BCUT2D eigenvalue weighted by Gasteiger charge is 2.67. The van der Waals surface area contributed by atoms with Crippen molar-refractivity contribution >= 4 is 0 Å². The maximum absolute atomic E-state index is 6.11. The molecule has 0 aromatic rings. The lowest BCUT2D eigenvalue weighted by molar-refractivity contribution is -0.555. The molecule has 0 aromatic heterocycles. The minimum absolute atomic E-state index is 0.324. The van der Waals surface area contributed by atoms with E-state index < -0.39 is 11.4 Å². The Morgan fingerprint density at radius 3 is 2.89 bits per heavy atom. The van der Waals surface area contributed by atoms with Crippen molar-refractivity contribution in [1.29, 1.82) is 0 Å². The van der Waals surface area contributed by atoms with Gasteiger partial charge in [0.05, 0.1) is 6.26 Å². The first kappa shape index (κ1) is 12.2. The van der Waals surface area contributed by atoms with Gasteiger partial charge in [0.1, 0.15) is 0 Å². The van der Waals surface area contributed by atoms with Gasteiger partial charge in [0.15, 0.2) is 5.60 Å². The second-order valence-corrected chi connectivity index (χ2v) is 6.85. The molecule has 106 valence electrons. The maximum Gasteiger partial charge on any atom is 0.235 e. The smallest absolute Gasteiger partial charge is 0.235 e. The Hall–Kier alpha value is -0.580. The van der Waals surface area contributed by atoms with Crippen LogP contribution in [0.25, 0.3) is 0 Å². The van der Waals surface area contributed by atoms with Crippen molar-refractivity contribution in [2.24, 2.45) is 17.8 Å². The van der Waals surface area contributed by atoms with Crippen molar-refractivity contribution in [3.8, 4) is 0 Å². The Labute approximate surface area is 114 Å². The molecule has 5 aliphatic rings. The van der Waals surface area contributed by atoms with Gasteiger partial charge in [0.2, 0.25) is 12.1 Å². The van der Waals surface area contributed by atoms with Gasteiger partial charge in [0, 0.05) is 18.3 Å². The Kier molecular flexibility index (Phi) is 2.40. The number of ether oxygens (including phenoxy) is 2. The van der Waals surface area contributed by atoms with Gasteiger partial charge in [0.25, 0.3) is 0 Å². The van der Waals surface area contributed by atoms with Crippen molar-refractivity contribution < 1.29 is 19.2 Å². The number of hydrogen-bond donors (Lipinski definition) is 0. The van der Waals surface area contributed by atoms with Crippen LogP contribution < -0.4 is 0 Å². The van der Waals surface area contributed by atoms with E-state index in [9.17, 15) is 0 Å². The van der Waals surface area contributed by atoms with Gasteiger partial charge in [-0.2, -0.15) is 0 Å². The van der Waals surface area contributed by atoms with Crippen LogP contribution in [0.2, 0.25) is 0 Å². The van der Waals surface area contributed by atoms with Crippen LogP contribution in [-0.2, 0) is 19.2 Å². The summed E-state index contributed by atoms with van der Waals surface area (Å²) in [6.45, 7) is 6.40. The second kappa shape index (κ2) is 3.74. The van der Waals surface area contributed by atoms with Gasteiger partial charge in [-0.3, -0.25) is 0 Å². The summed E-state index contributed by atoms with van der Waals surface area (Å²) < 4.78 is 12.0. The molecule has 4 heteroatoms. The standard InChI is InChI=1S/C15H22O4/c1-9-4-5-11-10(2)8-16-13-15(11)12(9)6-7-14(3,17-13)18-19-15/h8-9,11-13H,4-7H2,1-3H3/t9-,11+,12+,13+,14+,15-/m0/s1. The van der Waals surface area contributed by atoms with Gasteiger partial charge < -0.3 is 9.47 Å². The Bertz CT molecular complexity index is 434. The van der Waals surface area contributed by atoms with Crippen LogP contribution in [0.5, 0.6) is 0 Å². The van der Waals surface area contributed by atoms with Crippen molar-refractivity contribution in [3.05, 3.63) is 11.8 Å². The third kappa shape index (κ3) is 1.45. The molecule has 0 unspecified atom stereocenters. The topological polar surface area (TPSA) is 36.9 Å². The summed E-state index contributed by atoms with van der Waals surface area (Å²) in [4.78, 5) is 11.7. The molecule has 19 heavy (non-hydrogen) atoms. The van der Waals surface area contributed by atoms with E-state index >= 15 is 0 Å². The van der Waals surface area contributed by atoms with Crippen LogP contribution in [0.1, 0.15) is 46.5 Å². The zero-order chi connectivity index (χ0) is 13.3. The zero-order valence-corrected chi connectivity index (χ0v) is 11.8. The van der Waals surface area contributed by atoms with Crippen LogP contribution in [0.15, 0.2) is 11.8 Å². The van der Waals surface area contributed by atoms with Gasteiger partial charge in [-0.25, -0.2) is 9.78 Å². The van der Waals surface area contributed by atoms with E-state index in [1.807, 2.05) is 13.2 Å². The fourth-order valence-corrected chi connectivity index (χ4v) is 4.55. The minimum Gasteiger partial charge on any atom is -0.469 e. The Balaban J connectivity index is 1.85. The van der Waals surface area contributed by atoms with Crippen LogP contribution in [0.4, 0.5) is 0 Å². The largest absolute Gasteiger partial charge is 0.469 e. The highest BCUT2D eigenvalue weighted by Crippen LogP contribution is 2.59. The third-order valence-electron chi connectivity index (χ3n) is 5.65. The zero-order valence-electron chi connectivity index (χ0n) is 11.8. The van der Waals surface area contributed by atoms with Gasteiger partial charge in [-0.15, -0.1) is 0 Å². The predicted molar refractivity (Wildman–Crippen MR) is 67.6 cm³/mol. The summed E-state index contributed by atoms with van der Waals surface area (Å²) in [7, 11) is 0. The predicted octanol–water partition coefficient (Wildman–Crippen LogP) is 3.14.